The first kappa shape index (κ1) is 23.7. The summed E-state index contributed by atoms with van der Waals surface area (Å²) in [6.07, 6.45) is 3.09. The molecule has 2 rings (SSSR count). The largest absolute Gasteiger partial charge is 0.494 e. The van der Waals surface area contributed by atoms with E-state index in [0.717, 1.165) is 19.1 Å². The normalized spacial score (nSPS) is 13.3. The van der Waals surface area contributed by atoms with Crippen molar-refractivity contribution in [1.29, 1.82) is 0 Å². The van der Waals surface area contributed by atoms with Crippen molar-refractivity contribution in [2.45, 2.75) is 52.1 Å². The molecule has 0 aliphatic rings. The zero-order valence-electron chi connectivity index (χ0n) is 18.2. The van der Waals surface area contributed by atoms with Gasteiger partial charge >= 0.3 is 0 Å². The Hall–Kier alpha value is -2.54. The van der Waals surface area contributed by atoms with Crippen LogP contribution in [0.4, 0.5) is 5.69 Å². The first-order valence-corrected chi connectivity index (χ1v) is 12.2. The van der Waals surface area contributed by atoms with E-state index in [-0.39, 0.29) is 11.9 Å². The zero-order chi connectivity index (χ0) is 22.1. The van der Waals surface area contributed by atoms with Gasteiger partial charge in [0.1, 0.15) is 11.8 Å². The number of carbonyl (C=O) groups is 1. The molecule has 0 unspecified atom stereocenters. The van der Waals surface area contributed by atoms with Gasteiger partial charge in [0.25, 0.3) is 0 Å². The lowest BCUT2D eigenvalue weighted by Crippen LogP contribution is -2.51. The minimum Gasteiger partial charge on any atom is -0.494 e. The fourth-order valence-electron chi connectivity index (χ4n) is 3.36. The minimum atomic E-state index is -3.66. The fraction of sp³-hybridized carbons (Fsp3) is 0.435. The van der Waals surface area contributed by atoms with Crippen molar-refractivity contribution in [3.8, 4) is 5.75 Å². The van der Waals surface area contributed by atoms with Crippen LogP contribution >= 0.6 is 0 Å². The molecule has 0 spiro atoms. The molecule has 2 aromatic carbocycles. The minimum absolute atomic E-state index is 0.0755. The molecule has 1 N–H and O–H groups in total. The van der Waals surface area contributed by atoms with Gasteiger partial charge in [-0.2, -0.15) is 0 Å². The van der Waals surface area contributed by atoms with E-state index >= 15 is 0 Å². The summed E-state index contributed by atoms with van der Waals surface area (Å²) in [7, 11) is -3.66. The van der Waals surface area contributed by atoms with E-state index in [1.54, 1.807) is 24.3 Å². The van der Waals surface area contributed by atoms with Crippen LogP contribution in [-0.4, -0.2) is 39.3 Å². The zero-order valence-corrected chi connectivity index (χ0v) is 19.0. The molecular weight excluding hydrogens is 400 g/mol. The highest BCUT2D eigenvalue weighted by Crippen LogP contribution is 2.25. The molecule has 0 saturated carbocycles. The van der Waals surface area contributed by atoms with Crippen molar-refractivity contribution < 1.29 is 17.9 Å². The second-order valence-corrected chi connectivity index (χ2v) is 9.20. The smallest absolute Gasteiger partial charge is 0.244 e. The van der Waals surface area contributed by atoms with Crippen molar-refractivity contribution in [3.63, 3.8) is 0 Å². The van der Waals surface area contributed by atoms with Gasteiger partial charge in [-0.1, -0.05) is 37.3 Å². The van der Waals surface area contributed by atoms with Crippen LogP contribution in [0.5, 0.6) is 5.75 Å². The number of nitrogens with zero attached hydrogens (tertiary/aromatic N) is 1. The number of hydrogen-bond donors (Lipinski definition) is 1. The van der Waals surface area contributed by atoms with Gasteiger partial charge in [0.2, 0.25) is 15.9 Å². The van der Waals surface area contributed by atoms with E-state index < -0.39 is 16.1 Å². The second kappa shape index (κ2) is 11.0. The van der Waals surface area contributed by atoms with E-state index in [1.807, 2.05) is 39.0 Å². The van der Waals surface area contributed by atoms with Gasteiger partial charge in [-0.15, -0.1) is 0 Å². The predicted octanol–water partition coefficient (Wildman–Crippen LogP) is 3.77. The van der Waals surface area contributed by atoms with Crippen LogP contribution in [0.1, 0.15) is 39.2 Å². The lowest BCUT2D eigenvalue weighted by molar-refractivity contribution is -0.122. The number of nitrogens with one attached hydrogen (secondary N) is 1. The third kappa shape index (κ3) is 6.76. The molecule has 0 aliphatic carbocycles. The van der Waals surface area contributed by atoms with Gasteiger partial charge in [0, 0.05) is 6.04 Å². The molecule has 164 valence electrons. The Bertz CT molecular complexity index is 899. The molecule has 2 atom stereocenters. The van der Waals surface area contributed by atoms with Crippen LogP contribution in [0.15, 0.2) is 54.6 Å². The number of hydrogen-bond acceptors (Lipinski definition) is 4. The van der Waals surface area contributed by atoms with Crippen LogP contribution in [0.3, 0.4) is 0 Å². The van der Waals surface area contributed by atoms with Crippen molar-refractivity contribution in [2.24, 2.45) is 0 Å². The second-order valence-electron chi connectivity index (χ2n) is 7.34. The molecule has 0 bridgehead atoms. The molecule has 6 nitrogen and oxygen atoms in total. The van der Waals surface area contributed by atoms with E-state index in [4.69, 9.17) is 4.74 Å². The number of anilines is 1. The first-order valence-electron chi connectivity index (χ1n) is 10.3. The Balaban J connectivity index is 2.12. The number of aryl methyl sites for hydroxylation is 1. The van der Waals surface area contributed by atoms with Gasteiger partial charge in [-0.3, -0.25) is 9.10 Å². The quantitative estimate of drug-likeness (QED) is 0.586. The maximum absolute atomic E-state index is 13.0. The number of rotatable bonds is 11. The molecule has 1 amide bonds. The van der Waals surface area contributed by atoms with Gasteiger partial charge < -0.3 is 10.1 Å². The van der Waals surface area contributed by atoms with Gasteiger partial charge in [-0.05, 0) is 62.9 Å². The highest BCUT2D eigenvalue weighted by molar-refractivity contribution is 7.92. The summed E-state index contributed by atoms with van der Waals surface area (Å²) >= 11 is 0. The number of benzene rings is 2. The molecule has 0 aromatic heterocycles. The molecule has 30 heavy (non-hydrogen) atoms. The van der Waals surface area contributed by atoms with Crippen LogP contribution in [0.2, 0.25) is 0 Å². The number of carbonyl (C=O) groups excluding carboxylic acids is 1. The van der Waals surface area contributed by atoms with Crippen LogP contribution < -0.4 is 14.4 Å². The average molecular weight is 433 g/mol. The summed E-state index contributed by atoms with van der Waals surface area (Å²) in [5.74, 6) is 0.360. The Morgan fingerprint density at radius 2 is 1.70 bits per heavy atom. The number of sulfonamides is 1. The van der Waals surface area contributed by atoms with E-state index in [9.17, 15) is 13.2 Å². The maximum atomic E-state index is 13.0. The molecular formula is C23H32N2O4S. The lowest BCUT2D eigenvalue weighted by atomic mass is 10.1. The van der Waals surface area contributed by atoms with Gasteiger partial charge in [-0.25, -0.2) is 8.42 Å². The summed E-state index contributed by atoms with van der Waals surface area (Å²) in [5.41, 5.74) is 1.65. The van der Waals surface area contributed by atoms with Crippen LogP contribution in [0, 0.1) is 0 Å². The monoisotopic (exact) mass is 432 g/mol. The van der Waals surface area contributed by atoms with Crippen molar-refractivity contribution in [3.05, 3.63) is 60.2 Å². The molecule has 7 heteroatoms. The first-order chi connectivity index (χ1) is 14.3. The van der Waals surface area contributed by atoms with E-state index in [2.05, 4.69) is 17.4 Å². The third-order valence-corrected chi connectivity index (χ3v) is 6.01. The summed E-state index contributed by atoms with van der Waals surface area (Å²) in [4.78, 5) is 13.0. The maximum Gasteiger partial charge on any atom is 0.244 e. The highest BCUT2D eigenvalue weighted by Gasteiger charge is 2.32. The lowest BCUT2D eigenvalue weighted by Gasteiger charge is -2.31. The Kier molecular flexibility index (Phi) is 8.72. The Morgan fingerprint density at radius 1 is 1.07 bits per heavy atom. The fourth-order valence-corrected chi connectivity index (χ4v) is 4.57. The van der Waals surface area contributed by atoms with Gasteiger partial charge in [0.05, 0.1) is 18.6 Å². The van der Waals surface area contributed by atoms with Crippen LogP contribution in [-0.2, 0) is 21.2 Å². The molecule has 0 saturated heterocycles. The summed E-state index contributed by atoms with van der Waals surface area (Å²) in [5, 5.41) is 2.99. The summed E-state index contributed by atoms with van der Waals surface area (Å²) in [6, 6.07) is 15.9. The molecule has 0 heterocycles. The Morgan fingerprint density at radius 3 is 2.23 bits per heavy atom. The standard InChI is InChI=1S/C23H32N2O4S/c1-5-22(23(26)24-18(3)12-13-19-10-8-7-9-11-19)25(30(4,27)28)20-14-16-21(17-15-20)29-6-2/h7-11,14-18,22H,5-6,12-13H2,1-4H3,(H,24,26)/t18-,22-/m0/s1. The average Bonchev–Trinajstić information content (AvgIpc) is 2.71. The number of ether oxygens (including phenoxy) is 1. The topological polar surface area (TPSA) is 75.7 Å². The predicted molar refractivity (Wildman–Crippen MR) is 121 cm³/mol. The number of amides is 1. The highest BCUT2D eigenvalue weighted by atomic mass is 32.2. The molecule has 0 fully saturated rings. The molecule has 0 radical (unpaired) electrons. The third-order valence-electron chi connectivity index (χ3n) is 4.83. The molecule has 2 aromatic rings. The van der Waals surface area contributed by atoms with E-state index in [0.29, 0.717) is 24.5 Å². The summed E-state index contributed by atoms with van der Waals surface area (Å²) < 4.78 is 31.7. The van der Waals surface area contributed by atoms with Gasteiger partial charge in [0.15, 0.2) is 0 Å². The Labute approximate surface area is 180 Å². The SMILES string of the molecule is CCOc1ccc(N([C@@H](CC)C(=O)N[C@@H](C)CCc2ccccc2)S(C)(=O)=O)cc1. The summed E-state index contributed by atoms with van der Waals surface area (Å²) in [6.45, 7) is 6.16. The van der Waals surface area contributed by atoms with Crippen molar-refractivity contribution >= 4 is 21.6 Å². The van der Waals surface area contributed by atoms with Crippen LogP contribution in [0.25, 0.3) is 0 Å². The molecule has 0 aliphatic heterocycles. The van der Waals surface area contributed by atoms with Crippen molar-refractivity contribution in [2.75, 3.05) is 17.2 Å². The van der Waals surface area contributed by atoms with E-state index in [1.165, 1.54) is 9.87 Å². The van der Waals surface area contributed by atoms with Crippen molar-refractivity contribution in [1.82, 2.24) is 5.32 Å².